The van der Waals surface area contributed by atoms with Crippen molar-refractivity contribution >= 4 is 15.8 Å². The lowest BCUT2D eigenvalue weighted by molar-refractivity contribution is 0.0730. The Kier molecular flexibility index (Phi) is 5.62. The normalized spacial score (nSPS) is 17.7. The first-order valence-corrected chi connectivity index (χ1v) is 11.0. The molecule has 0 amide bonds. The van der Waals surface area contributed by atoms with Crippen molar-refractivity contribution in [1.29, 1.82) is 0 Å². The minimum Gasteiger partial charge on any atom is -0.493 e. The molecule has 3 heterocycles. The van der Waals surface area contributed by atoms with Crippen molar-refractivity contribution in [3.8, 4) is 11.5 Å². The lowest BCUT2D eigenvalue weighted by Gasteiger charge is -2.31. The molecule has 2 aromatic rings. The van der Waals surface area contributed by atoms with Gasteiger partial charge in [-0.3, -0.25) is 0 Å². The van der Waals surface area contributed by atoms with Gasteiger partial charge in [-0.05, 0) is 41.8 Å². The summed E-state index contributed by atoms with van der Waals surface area (Å²) >= 11 is 0. The van der Waals surface area contributed by atoms with Gasteiger partial charge >= 0.3 is 0 Å². The van der Waals surface area contributed by atoms with E-state index in [1.54, 1.807) is 26.4 Å². The van der Waals surface area contributed by atoms with E-state index >= 15 is 0 Å². The quantitative estimate of drug-likeness (QED) is 0.729. The molecule has 0 radical (unpaired) electrons. The molecule has 1 saturated heterocycles. The summed E-state index contributed by atoms with van der Waals surface area (Å²) in [6, 6.07) is 7.44. The van der Waals surface area contributed by atoms with Crippen LogP contribution in [0.1, 0.15) is 11.1 Å². The molecule has 1 aromatic carbocycles. The number of pyridine rings is 1. The number of ether oxygens (including phenoxy) is 3. The van der Waals surface area contributed by atoms with Crippen LogP contribution in [0.15, 0.2) is 35.4 Å². The molecular formula is C20H25N3O5S. The van der Waals surface area contributed by atoms with E-state index in [1.807, 2.05) is 12.1 Å². The minimum atomic E-state index is -3.53. The van der Waals surface area contributed by atoms with E-state index in [9.17, 15) is 8.42 Å². The number of morpholine rings is 1. The first kappa shape index (κ1) is 19.9. The van der Waals surface area contributed by atoms with Crippen molar-refractivity contribution in [2.24, 2.45) is 0 Å². The molecule has 1 fully saturated rings. The van der Waals surface area contributed by atoms with Crippen LogP contribution in [0.3, 0.4) is 0 Å². The fraction of sp³-hybridized carbons (Fsp3) is 0.450. The average molecular weight is 420 g/mol. The van der Waals surface area contributed by atoms with Gasteiger partial charge in [-0.2, -0.15) is 4.31 Å². The molecule has 2 aliphatic heterocycles. The van der Waals surface area contributed by atoms with Gasteiger partial charge in [0.25, 0.3) is 0 Å². The van der Waals surface area contributed by atoms with E-state index in [1.165, 1.54) is 16.1 Å². The smallest absolute Gasteiger partial charge is 0.244 e. The van der Waals surface area contributed by atoms with Gasteiger partial charge in [0.1, 0.15) is 10.7 Å². The second-order valence-corrected chi connectivity index (χ2v) is 8.95. The van der Waals surface area contributed by atoms with E-state index in [0.29, 0.717) is 38.6 Å². The molecule has 0 saturated carbocycles. The highest BCUT2D eigenvalue weighted by atomic mass is 32.2. The van der Waals surface area contributed by atoms with E-state index in [2.05, 4.69) is 9.88 Å². The van der Waals surface area contributed by atoms with Crippen LogP contribution in [0.25, 0.3) is 0 Å². The molecule has 0 bridgehead atoms. The van der Waals surface area contributed by atoms with Gasteiger partial charge in [0.2, 0.25) is 10.0 Å². The third kappa shape index (κ3) is 3.90. The van der Waals surface area contributed by atoms with Gasteiger partial charge in [-0.25, -0.2) is 13.4 Å². The fourth-order valence-corrected chi connectivity index (χ4v) is 5.08. The summed E-state index contributed by atoms with van der Waals surface area (Å²) in [5.74, 6) is 2.19. The van der Waals surface area contributed by atoms with Gasteiger partial charge in [0.05, 0.1) is 27.4 Å². The van der Waals surface area contributed by atoms with Crippen molar-refractivity contribution in [2.75, 3.05) is 52.0 Å². The zero-order valence-electron chi connectivity index (χ0n) is 16.6. The number of rotatable bonds is 5. The lowest BCUT2D eigenvalue weighted by Crippen LogP contribution is -2.40. The number of hydrogen-bond acceptors (Lipinski definition) is 7. The van der Waals surface area contributed by atoms with Gasteiger partial charge in [-0.15, -0.1) is 0 Å². The summed E-state index contributed by atoms with van der Waals surface area (Å²) in [7, 11) is -0.273. The molecule has 0 unspecified atom stereocenters. The molecule has 29 heavy (non-hydrogen) atoms. The zero-order valence-corrected chi connectivity index (χ0v) is 17.4. The maximum absolute atomic E-state index is 12.8. The maximum atomic E-state index is 12.8. The number of benzene rings is 1. The molecule has 9 heteroatoms. The van der Waals surface area contributed by atoms with E-state index in [0.717, 1.165) is 30.1 Å². The fourth-order valence-electron chi connectivity index (χ4n) is 3.73. The van der Waals surface area contributed by atoms with Crippen molar-refractivity contribution in [1.82, 2.24) is 9.29 Å². The predicted octanol–water partition coefficient (Wildman–Crippen LogP) is 1.68. The Labute approximate surface area is 171 Å². The van der Waals surface area contributed by atoms with Crippen LogP contribution in [0.2, 0.25) is 0 Å². The van der Waals surface area contributed by atoms with Crippen molar-refractivity contribution in [3.63, 3.8) is 0 Å². The molecule has 8 nitrogen and oxygen atoms in total. The Morgan fingerprint density at radius 3 is 2.31 bits per heavy atom. The molecule has 0 spiro atoms. The van der Waals surface area contributed by atoms with Gasteiger partial charge in [0.15, 0.2) is 11.5 Å². The largest absolute Gasteiger partial charge is 0.493 e. The lowest BCUT2D eigenvalue weighted by atomic mass is 9.99. The maximum Gasteiger partial charge on any atom is 0.244 e. The van der Waals surface area contributed by atoms with Crippen molar-refractivity contribution < 1.29 is 22.6 Å². The molecule has 1 aromatic heterocycles. The standard InChI is InChI=1S/C20H25N3O5S/c1-26-18-11-15-5-6-22(14-16(15)12-19(18)27-2)20-4-3-17(13-21-20)29(24,25)23-7-9-28-10-8-23/h3-4,11-13H,5-10,14H2,1-2H3. The number of methoxy groups -OCH3 is 2. The molecule has 0 N–H and O–H groups in total. The van der Waals surface area contributed by atoms with Crippen molar-refractivity contribution in [2.45, 2.75) is 17.9 Å². The number of fused-ring (bicyclic) bond motifs is 1. The average Bonchev–Trinajstić information content (AvgIpc) is 2.78. The number of aromatic nitrogens is 1. The van der Waals surface area contributed by atoms with Crippen LogP contribution >= 0.6 is 0 Å². The van der Waals surface area contributed by atoms with E-state index in [-0.39, 0.29) is 4.90 Å². The Balaban J connectivity index is 1.53. The van der Waals surface area contributed by atoms with Gasteiger partial charge in [-0.1, -0.05) is 0 Å². The van der Waals surface area contributed by atoms with Gasteiger partial charge < -0.3 is 19.1 Å². The Hall–Kier alpha value is -2.36. The van der Waals surface area contributed by atoms with Crippen LogP contribution in [0.4, 0.5) is 5.82 Å². The summed E-state index contributed by atoms with van der Waals surface area (Å²) in [5, 5.41) is 0. The zero-order chi connectivity index (χ0) is 20.4. The molecule has 0 aliphatic carbocycles. The van der Waals surface area contributed by atoms with E-state index in [4.69, 9.17) is 14.2 Å². The third-order valence-electron chi connectivity index (χ3n) is 5.37. The van der Waals surface area contributed by atoms with Crippen LogP contribution in [0.5, 0.6) is 11.5 Å². The van der Waals surface area contributed by atoms with Crippen LogP contribution in [-0.4, -0.2) is 64.8 Å². The highest BCUT2D eigenvalue weighted by Gasteiger charge is 2.27. The summed E-state index contributed by atoms with van der Waals surface area (Å²) in [6.45, 7) is 3.07. The second-order valence-electron chi connectivity index (χ2n) is 7.02. The monoisotopic (exact) mass is 419 g/mol. The Morgan fingerprint density at radius 1 is 1.00 bits per heavy atom. The third-order valence-corrected chi connectivity index (χ3v) is 7.25. The SMILES string of the molecule is COc1cc2c(cc1OC)CN(c1ccc(S(=O)(=O)N3CCOCC3)cn1)CC2. The molecular weight excluding hydrogens is 394 g/mol. The second kappa shape index (κ2) is 8.17. The van der Waals surface area contributed by atoms with Crippen LogP contribution < -0.4 is 14.4 Å². The highest BCUT2D eigenvalue weighted by molar-refractivity contribution is 7.89. The van der Waals surface area contributed by atoms with E-state index < -0.39 is 10.0 Å². The summed E-state index contributed by atoms with van der Waals surface area (Å²) in [6.07, 6.45) is 2.30. The number of anilines is 1. The van der Waals surface area contributed by atoms with Crippen LogP contribution in [0, 0.1) is 0 Å². The molecule has 156 valence electrons. The first-order valence-electron chi connectivity index (χ1n) is 9.55. The Bertz CT molecular complexity index is 972. The number of hydrogen-bond donors (Lipinski definition) is 0. The molecule has 0 atom stereocenters. The molecule has 4 rings (SSSR count). The molecule has 2 aliphatic rings. The first-order chi connectivity index (χ1) is 14.0. The highest BCUT2D eigenvalue weighted by Crippen LogP contribution is 2.34. The number of sulfonamides is 1. The topological polar surface area (TPSA) is 81.2 Å². The number of nitrogens with zero attached hydrogens (tertiary/aromatic N) is 3. The Morgan fingerprint density at radius 2 is 1.69 bits per heavy atom. The van der Waals surface area contributed by atoms with Crippen molar-refractivity contribution in [3.05, 3.63) is 41.6 Å². The summed E-state index contributed by atoms with van der Waals surface area (Å²) in [4.78, 5) is 6.80. The van der Waals surface area contributed by atoms with Crippen LogP contribution in [-0.2, 0) is 27.7 Å². The van der Waals surface area contributed by atoms with Gasteiger partial charge in [0, 0.05) is 32.4 Å². The summed E-state index contributed by atoms with van der Waals surface area (Å²) in [5.41, 5.74) is 2.38. The summed E-state index contributed by atoms with van der Waals surface area (Å²) < 4.78 is 43.0. The predicted molar refractivity (Wildman–Crippen MR) is 108 cm³/mol. The minimum absolute atomic E-state index is 0.215.